The highest BCUT2D eigenvalue weighted by Gasteiger charge is 2.26. The van der Waals surface area contributed by atoms with E-state index in [1.54, 1.807) is 0 Å². The number of hydrogen-bond donors (Lipinski definition) is 3. The molecule has 1 aromatic heterocycles. The van der Waals surface area contributed by atoms with Gasteiger partial charge in [-0.15, -0.1) is 0 Å². The van der Waals surface area contributed by atoms with Gasteiger partial charge in [-0.25, -0.2) is 9.78 Å². The topological polar surface area (TPSA) is 109 Å². The van der Waals surface area contributed by atoms with E-state index in [-0.39, 0.29) is 6.03 Å². The molecule has 0 spiro atoms. The van der Waals surface area contributed by atoms with E-state index < -0.39 is 0 Å². The number of hydrogen-bond acceptors (Lipinski definition) is 7. The molecule has 0 saturated carbocycles. The molecule has 2 aliphatic rings. The Bertz CT molecular complexity index is 1130. The van der Waals surface area contributed by atoms with Crippen LogP contribution in [0, 0.1) is 0 Å². The number of nitrogens with one attached hydrogen (secondary N) is 2. The molecule has 0 bridgehead atoms. The van der Waals surface area contributed by atoms with Gasteiger partial charge in [-0.05, 0) is 61.8 Å². The molecule has 2 amide bonds. The summed E-state index contributed by atoms with van der Waals surface area (Å²) in [5.74, 6) is 1.54. The first kappa shape index (κ1) is 21.0. The van der Waals surface area contributed by atoms with Crippen LogP contribution in [0.5, 0.6) is 5.75 Å². The molecule has 2 aromatic carbocycles. The van der Waals surface area contributed by atoms with Crippen molar-refractivity contribution >= 4 is 34.9 Å². The number of nitrogens with two attached hydrogens (primary N) is 1. The number of nitrogen functional groups attached to an aromatic ring is 1. The highest BCUT2D eigenvalue weighted by molar-refractivity contribution is 6.05. The van der Waals surface area contributed by atoms with Gasteiger partial charge in [-0.3, -0.25) is 9.80 Å². The summed E-state index contributed by atoms with van der Waals surface area (Å²) in [7, 11) is 0. The Morgan fingerprint density at radius 1 is 1.09 bits per heavy atom. The molecule has 1 fully saturated rings. The number of urea groups is 1. The molecule has 0 aliphatic carbocycles. The maximum atomic E-state index is 12.6. The van der Waals surface area contributed by atoms with E-state index in [1.807, 2.05) is 48.5 Å². The van der Waals surface area contributed by atoms with Crippen molar-refractivity contribution in [3.8, 4) is 5.75 Å². The molecule has 5 rings (SSSR count). The van der Waals surface area contributed by atoms with Crippen LogP contribution in [0.2, 0.25) is 0 Å². The molecule has 170 valence electrons. The Morgan fingerprint density at radius 3 is 2.70 bits per heavy atom. The van der Waals surface area contributed by atoms with Crippen molar-refractivity contribution in [2.75, 3.05) is 47.5 Å². The van der Waals surface area contributed by atoms with Gasteiger partial charge in [0.1, 0.15) is 12.4 Å². The largest absolute Gasteiger partial charge is 0.492 e. The third-order valence-electron chi connectivity index (χ3n) is 5.87. The molecule has 0 unspecified atom stereocenters. The molecule has 2 aliphatic heterocycles. The van der Waals surface area contributed by atoms with Crippen LogP contribution >= 0.6 is 0 Å². The molecule has 1 saturated heterocycles. The van der Waals surface area contributed by atoms with E-state index in [4.69, 9.17) is 10.5 Å². The second-order valence-electron chi connectivity index (χ2n) is 8.19. The third kappa shape index (κ3) is 4.83. The number of nitrogens with zero attached hydrogens (tertiary/aromatic N) is 4. The maximum absolute atomic E-state index is 12.6. The lowest BCUT2D eigenvalue weighted by Gasteiger charge is -2.29. The van der Waals surface area contributed by atoms with E-state index in [0.29, 0.717) is 30.6 Å². The van der Waals surface area contributed by atoms with Crippen molar-refractivity contribution in [1.82, 2.24) is 14.9 Å². The molecule has 3 aromatic rings. The Morgan fingerprint density at radius 2 is 1.88 bits per heavy atom. The van der Waals surface area contributed by atoms with Crippen molar-refractivity contribution < 1.29 is 9.53 Å². The Labute approximate surface area is 192 Å². The van der Waals surface area contributed by atoms with Gasteiger partial charge in [0.25, 0.3) is 0 Å². The minimum atomic E-state index is -0.277. The Kier molecular flexibility index (Phi) is 5.95. The van der Waals surface area contributed by atoms with Crippen molar-refractivity contribution in [3.05, 3.63) is 60.3 Å². The predicted octanol–water partition coefficient (Wildman–Crippen LogP) is 3.83. The van der Waals surface area contributed by atoms with E-state index >= 15 is 0 Å². The number of benzene rings is 2. The lowest BCUT2D eigenvalue weighted by molar-refractivity contribution is 0.238. The van der Waals surface area contributed by atoms with Crippen LogP contribution in [0.4, 0.5) is 33.6 Å². The van der Waals surface area contributed by atoms with Crippen LogP contribution in [-0.2, 0) is 6.54 Å². The zero-order valence-electron chi connectivity index (χ0n) is 18.3. The molecule has 3 heterocycles. The second kappa shape index (κ2) is 9.33. The zero-order valence-corrected chi connectivity index (χ0v) is 18.3. The van der Waals surface area contributed by atoms with Gasteiger partial charge in [-0.1, -0.05) is 18.2 Å². The van der Waals surface area contributed by atoms with Gasteiger partial charge in [0.15, 0.2) is 5.82 Å². The number of aromatic nitrogens is 2. The first-order chi connectivity index (χ1) is 16.2. The van der Waals surface area contributed by atoms with Gasteiger partial charge in [0.2, 0.25) is 5.95 Å². The average Bonchev–Trinajstić information content (AvgIpc) is 3.35. The minimum Gasteiger partial charge on any atom is -0.492 e. The fourth-order valence-corrected chi connectivity index (χ4v) is 4.10. The zero-order chi connectivity index (χ0) is 22.6. The quantitative estimate of drug-likeness (QED) is 0.507. The van der Waals surface area contributed by atoms with Crippen LogP contribution in [0.25, 0.3) is 0 Å². The van der Waals surface area contributed by atoms with Gasteiger partial charge >= 0.3 is 6.03 Å². The molecular formula is C24H27N7O2. The number of ether oxygens (including phenoxy) is 1. The van der Waals surface area contributed by atoms with Gasteiger partial charge < -0.3 is 21.1 Å². The lowest BCUT2D eigenvalue weighted by Crippen LogP contribution is -2.39. The van der Waals surface area contributed by atoms with E-state index in [0.717, 1.165) is 29.2 Å². The summed E-state index contributed by atoms with van der Waals surface area (Å²) in [5.41, 5.74) is 9.04. The Hall–Kier alpha value is -3.85. The summed E-state index contributed by atoms with van der Waals surface area (Å²) < 4.78 is 5.86. The van der Waals surface area contributed by atoms with Crippen LogP contribution in [-0.4, -0.2) is 47.1 Å². The van der Waals surface area contributed by atoms with Crippen LogP contribution in [0.3, 0.4) is 0 Å². The van der Waals surface area contributed by atoms with Gasteiger partial charge in [0, 0.05) is 17.9 Å². The molecule has 0 atom stereocenters. The third-order valence-corrected chi connectivity index (χ3v) is 5.87. The first-order valence-electron chi connectivity index (χ1n) is 11.2. The molecule has 9 heteroatoms. The molecule has 4 N–H and O–H groups in total. The van der Waals surface area contributed by atoms with Crippen LogP contribution in [0.15, 0.2) is 54.7 Å². The van der Waals surface area contributed by atoms with Gasteiger partial charge in [0.05, 0.1) is 18.4 Å². The standard InChI is InChI=1S/C24H27N7O2/c25-20-15-26-23(29-22(20)31-16-17-5-1-2-6-21(17)28-24(31)32)27-18-7-9-19(10-8-18)33-14-13-30-11-3-4-12-30/h1-2,5-10,15H,3-4,11-14,16,25H2,(H,28,32)(H,26,27,29). The normalized spacial score (nSPS) is 15.8. The first-order valence-corrected chi connectivity index (χ1v) is 11.2. The number of anilines is 5. The van der Waals surface area contributed by atoms with Crippen molar-refractivity contribution in [1.29, 1.82) is 0 Å². The fourth-order valence-electron chi connectivity index (χ4n) is 4.10. The number of carbonyl (C=O) groups excluding carboxylic acids is 1. The number of likely N-dealkylation sites (tertiary alicyclic amines) is 1. The SMILES string of the molecule is Nc1cnc(Nc2ccc(OCCN3CCCC3)cc2)nc1N1Cc2ccccc2NC1=O. The van der Waals surface area contributed by atoms with Crippen molar-refractivity contribution in [2.45, 2.75) is 19.4 Å². The molecule has 0 radical (unpaired) electrons. The number of rotatable bonds is 7. The fraction of sp³-hybridized carbons (Fsp3) is 0.292. The van der Waals surface area contributed by atoms with Crippen molar-refractivity contribution in [2.24, 2.45) is 0 Å². The summed E-state index contributed by atoms with van der Waals surface area (Å²) in [5, 5.41) is 6.05. The summed E-state index contributed by atoms with van der Waals surface area (Å²) in [4.78, 5) is 25.4. The summed E-state index contributed by atoms with van der Waals surface area (Å²) in [6.07, 6.45) is 4.07. The number of para-hydroxylation sites is 1. The Balaban J connectivity index is 1.24. The number of fused-ring (bicyclic) bond motifs is 1. The number of carbonyl (C=O) groups is 1. The van der Waals surface area contributed by atoms with Crippen LogP contribution in [0.1, 0.15) is 18.4 Å². The van der Waals surface area contributed by atoms with Crippen LogP contribution < -0.4 is 26.0 Å². The van der Waals surface area contributed by atoms with E-state index in [9.17, 15) is 4.79 Å². The maximum Gasteiger partial charge on any atom is 0.327 e. The lowest BCUT2D eigenvalue weighted by atomic mass is 10.1. The highest BCUT2D eigenvalue weighted by Crippen LogP contribution is 2.30. The smallest absolute Gasteiger partial charge is 0.327 e. The van der Waals surface area contributed by atoms with Crippen molar-refractivity contribution in [3.63, 3.8) is 0 Å². The predicted molar refractivity (Wildman–Crippen MR) is 129 cm³/mol. The molecule has 33 heavy (non-hydrogen) atoms. The average molecular weight is 446 g/mol. The monoisotopic (exact) mass is 445 g/mol. The van der Waals surface area contributed by atoms with Gasteiger partial charge in [-0.2, -0.15) is 4.98 Å². The van der Waals surface area contributed by atoms with E-state index in [1.165, 1.54) is 37.0 Å². The molecular weight excluding hydrogens is 418 g/mol. The summed E-state index contributed by atoms with van der Waals surface area (Å²) in [6.45, 7) is 4.35. The molecule has 9 nitrogen and oxygen atoms in total. The second-order valence-corrected chi connectivity index (χ2v) is 8.19. The minimum absolute atomic E-state index is 0.277. The number of amides is 2. The highest BCUT2D eigenvalue weighted by atomic mass is 16.5. The summed E-state index contributed by atoms with van der Waals surface area (Å²) >= 11 is 0. The summed E-state index contributed by atoms with van der Waals surface area (Å²) in [6, 6.07) is 15.0. The van der Waals surface area contributed by atoms with E-state index in [2.05, 4.69) is 25.5 Å².